The van der Waals surface area contributed by atoms with Crippen LogP contribution in [0.4, 0.5) is 10.8 Å². The van der Waals surface area contributed by atoms with Gasteiger partial charge >= 0.3 is 0 Å². The van der Waals surface area contributed by atoms with Crippen molar-refractivity contribution in [3.63, 3.8) is 0 Å². The first-order valence-corrected chi connectivity index (χ1v) is 5.62. The lowest BCUT2D eigenvalue weighted by Crippen LogP contribution is -1.93. The van der Waals surface area contributed by atoms with Crippen LogP contribution in [0.2, 0.25) is 0 Å². The zero-order chi connectivity index (χ0) is 9.80. The van der Waals surface area contributed by atoms with E-state index in [4.69, 9.17) is 11.6 Å². The lowest BCUT2D eigenvalue weighted by atomic mass is 10.2. The number of nitrogens with one attached hydrogen (secondary N) is 1. The van der Waals surface area contributed by atoms with Gasteiger partial charge in [0.2, 0.25) is 0 Å². The second kappa shape index (κ2) is 4.44. The molecule has 1 heterocycles. The Morgan fingerprint density at radius 3 is 2.93 bits per heavy atom. The van der Waals surface area contributed by atoms with Crippen molar-refractivity contribution in [2.24, 2.45) is 0 Å². The molecule has 0 spiro atoms. The first kappa shape index (κ1) is 9.49. The van der Waals surface area contributed by atoms with Crippen LogP contribution in [0.15, 0.2) is 35.8 Å². The van der Waals surface area contributed by atoms with E-state index in [9.17, 15) is 0 Å². The zero-order valence-corrected chi connectivity index (χ0v) is 8.98. The molecule has 14 heavy (non-hydrogen) atoms. The molecule has 0 amide bonds. The van der Waals surface area contributed by atoms with Crippen LogP contribution in [0.3, 0.4) is 0 Å². The SMILES string of the molecule is ClCc1ccccc1Nc1nccs1. The van der Waals surface area contributed by atoms with Gasteiger partial charge in [0.15, 0.2) is 5.13 Å². The minimum Gasteiger partial charge on any atom is -0.331 e. The van der Waals surface area contributed by atoms with Crippen LogP contribution in [-0.4, -0.2) is 4.98 Å². The van der Waals surface area contributed by atoms with E-state index in [-0.39, 0.29) is 0 Å². The van der Waals surface area contributed by atoms with Gasteiger partial charge in [-0.3, -0.25) is 0 Å². The monoisotopic (exact) mass is 224 g/mol. The highest BCUT2D eigenvalue weighted by Gasteiger charge is 2.01. The quantitative estimate of drug-likeness (QED) is 0.806. The van der Waals surface area contributed by atoms with Crippen molar-refractivity contribution in [1.82, 2.24) is 4.98 Å². The number of hydrogen-bond acceptors (Lipinski definition) is 3. The number of alkyl halides is 1. The molecule has 0 unspecified atom stereocenters. The molecule has 2 aromatic rings. The first-order valence-electron chi connectivity index (χ1n) is 4.20. The zero-order valence-electron chi connectivity index (χ0n) is 7.40. The fourth-order valence-electron chi connectivity index (χ4n) is 1.16. The Labute approximate surface area is 91.6 Å². The fraction of sp³-hybridized carbons (Fsp3) is 0.100. The lowest BCUT2D eigenvalue weighted by Gasteiger charge is -2.06. The van der Waals surface area contributed by atoms with Crippen LogP contribution < -0.4 is 5.32 Å². The summed E-state index contributed by atoms with van der Waals surface area (Å²) in [6.45, 7) is 0. The van der Waals surface area contributed by atoms with Gasteiger partial charge in [0.05, 0.1) is 0 Å². The molecule has 4 heteroatoms. The summed E-state index contributed by atoms with van der Waals surface area (Å²) >= 11 is 7.39. The van der Waals surface area contributed by atoms with Crippen molar-refractivity contribution in [2.75, 3.05) is 5.32 Å². The van der Waals surface area contributed by atoms with E-state index in [1.807, 2.05) is 29.6 Å². The first-order chi connectivity index (χ1) is 6.90. The number of thiazole rings is 1. The summed E-state index contributed by atoms with van der Waals surface area (Å²) in [5.74, 6) is 0.508. The Morgan fingerprint density at radius 1 is 1.36 bits per heavy atom. The molecule has 0 radical (unpaired) electrons. The molecule has 1 aromatic carbocycles. The molecule has 2 rings (SSSR count). The van der Waals surface area contributed by atoms with Crippen molar-refractivity contribution in [3.05, 3.63) is 41.4 Å². The van der Waals surface area contributed by atoms with E-state index in [0.717, 1.165) is 16.4 Å². The highest BCUT2D eigenvalue weighted by Crippen LogP contribution is 2.23. The van der Waals surface area contributed by atoms with E-state index < -0.39 is 0 Å². The third-order valence-electron chi connectivity index (χ3n) is 1.84. The predicted molar refractivity (Wildman–Crippen MR) is 61.4 cm³/mol. The predicted octanol–water partition coefficient (Wildman–Crippen LogP) is 3.63. The van der Waals surface area contributed by atoms with Gasteiger partial charge in [0.1, 0.15) is 0 Å². The van der Waals surface area contributed by atoms with Gasteiger partial charge in [-0.15, -0.1) is 22.9 Å². The summed E-state index contributed by atoms with van der Waals surface area (Å²) < 4.78 is 0. The molecule has 72 valence electrons. The van der Waals surface area contributed by atoms with Crippen molar-refractivity contribution in [3.8, 4) is 0 Å². The number of hydrogen-bond donors (Lipinski definition) is 1. The average Bonchev–Trinajstić information content (AvgIpc) is 2.71. The van der Waals surface area contributed by atoms with Gasteiger partial charge in [-0.2, -0.15) is 0 Å². The van der Waals surface area contributed by atoms with Crippen molar-refractivity contribution < 1.29 is 0 Å². The van der Waals surface area contributed by atoms with Crippen LogP contribution in [0.25, 0.3) is 0 Å². The minimum atomic E-state index is 0.508. The number of benzene rings is 1. The van der Waals surface area contributed by atoms with E-state index in [0.29, 0.717) is 5.88 Å². The third kappa shape index (κ3) is 2.05. The Hall–Kier alpha value is -1.06. The number of anilines is 2. The van der Waals surface area contributed by atoms with Crippen LogP contribution in [0.5, 0.6) is 0 Å². The van der Waals surface area contributed by atoms with Crippen LogP contribution >= 0.6 is 22.9 Å². The molecule has 0 aliphatic heterocycles. The van der Waals surface area contributed by atoms with E-state index >= 15 is 0 Å². The van der Waals surface area contributed by atoms with Crippen LogP contribution in [0.1, 0.15) is 5.56 Å². The average molecular weight is 225 g/mol. The molecule has 1 N–H and O–H groups in total. The normalized spacial score (nSPS) is 10.1. The number of aromatic nitrogens is 1. The van der Waals surface area contributed by atoms with E-state index in [2.05, 4.69) is 10.3 Å². The molecule has 0 aliphatic carbocycles. The molecular formula is C10H9ClN2S. The highest BCUT2D eigenvalue weighted by molar-refractivity contribution is 7.13. The summed E-state index contributed by atoms with van der Waals surface area (Å²) in [5.41, 5.74) is 2.11. The van der Waals surface area contributed by atoms with Gasteiger partial charge in [0, 0.05) is 23.1 Å². The Morgan fingerprint density at radius 2 is 2.21 bits per heavy atom. The maximum Gasteiger partial charge on any atom is 0.187 e. The topological polar surface area (TPSA) is 24.9 Å². The summed E-state index contributed by atoms with van der Waals surface area (Å²) in [6.07, 6.45) is 1.77. The lowest BCUT2D eigenvalue weighted by molar-refractivity contribution is 1.34. The highest BCUT2D eigenvalue weighted by atomic mass is 35.5. The van der Waals surface area contributed by atoms with Crippen LogP contribution in [-0.2, 0) is 5.88 Å². The Balaban J connectivity index is 2.24. The summed E-state index contributed by atoms with van der Waals surface area (Å²) in [7, 11) is 0. The largest absolute Gasteiger partial charge is 0.331 e. The second-order valence-corrected chi connectivity index (χ2v) is 3.91. The van der Waals surface area contributed by atoms with Crippen molar-refractivity contribution in [2.45, 2.75) is 5.88 Å². The number of rotatable bonds is 3. The van der Waals surface area contributed by atoms with Crippen molar-refractivity contribution in [1.29, 1.82) is 0 Å². The van der Waals surface area contributed by atoms with Crippen molar-refractivity contribution >= 4 is 33.8 Å². The van der Waals surface area contributed by atoms with E-state index in [1.165, 1.54) is 0 Å². The van der Waals surface area contributed by atoms with Crippen LogP contribution in [0, 0.1) is 0 Å². The maximum absolute atomic E-state index is 5.82. The molecule has 0 saturated heterocycles. The molecule has 2 nitrogen and oxygen atoms in total. The smallest absolute Gasteiger partial charge is 0.187 e. The molecule has 0 bridgehead atoms. The second-order valence-electron chi connectivity index (χ2n) is 2.75. The molecule has 1 aromatic heterocycles. The molecule has 0 fully saturated rings. The number of nitrogens with zero attached hydrogens (tertiary/aromatic N) is 1. The molecule has 0 aliphatic rings. The minimum absolute atomic E-state index is 0.508. The van der Waals surface area contributed by atoms with Gasteiger partial charge in [-0.1, -0.05) is 18.2 Å². The maximum atomic E-state index is 5.82. The van der Waals surface area contributed by atoms with Gasteiger partial charge in [-0.05, 0) is 11.6 Å². The van der Waals surface area contributed by atoms with Gasteiger partial charge < -0.3 is 5.32 Å². The summed E-state index contributed by atoms with van der Waals surface area (Å²) in [5, 5.41) is 6.05. The number of halogens is 1. The third-order valence-corrected chi connectivity index (χ3v) is 2.81. The summed E-state index contributed by atoms with van der Waals surface area (Å²) in [6, 6.07) is 7.96. The number of para-hydroxylation sites is 1. The Bertz CT molecular complexity index is 400. The fourth-order valence-corrected chi connectivity index (χ4v) is 1.93. The summed E-state index contributed by atoms with van der Waals surface area (Å²) in [4.78, 5) is 4.15. The Kier molecular flexibility index (Phi) is 3.01. The standard InChI is InChI=1S/C10H9ClN2S/c11-7-8-3-1-2-4-9(8)13-10-12-5-6-14-10/h1-6H,7H2,(H,12,13). The van der Waals surface area contributed by atoms with Gasteiger partial charge in [0.25, 0.3) is 0 Å². The molecule has 0 atom stereocenters. The van der Waals surface area contributed by atoms with E-state index in [1.54, 1.807) is 17.5 Å². The molecular weight excluding hydrogens is 216 g/mol. The van der Waals surface area contributed by atoms with Gasteiger partial charge in [-0.25, -0.2) is 4.98 Å². The molecule has 0 saturated carbocycles.